The molecule has 0 unspecified atom stereocenters. The summed E-state index contributed by atoms with van der Waals surface area (Å²) in [5.74, 6) is 0. The summed E-state index contributed by atoms with van der Waals surface area (Å²) in [5.41, 5.74) is 0. The second kappa shape index (κ2) is 76.9. The molecule has 0 heterocycles. The Hall–Kier alpha value is 1.52. The summed E-state index contributed by atoms with van der Waals surface area (Å²) in [6, 6.07) is 0. The number of hydrogen-bond acceptors (Lipinski definition) is 0. The van der Waals surface area contributed by atoms with Gasteiger partial charge in [-0.25, -0.2) is 39.2 Å². The van der Waals surface area contributed by atoms with Crippen LogP contribution in [0.4, 0.5) is 0 Å². The molecule has 0 aromatic rings. The third-order valence-corrected chi connectivity index (χ3v) is 0. The minimum atomic E-state index is 0. The van der Waals surface area contributed by atoms with Gasteiger partial charge in [-0.2, -0.15) is 0 Å². The number of rotatable bonds is 0. The molecule has 0 amide bonds. The Morgan fingerprint density at radius 3 is 0.900 bits per heavy atom. The molecule has 0 bridgehead atoms. The normalized spacial score (nSPS) is 2.40. The van der Waals surface area contributed by atoms with Crippen molar-refractivity contribution in [3.05, 3.63) is 39.2 Å². The molecule has 52 valence electrons. The average molecular weight is 246 g/mol. The SMILES string of the molecule is C=C[CH2-].C=C[CH2-].[Br-].[Cl-].[Mg+2].[Mg+2]. The van der Waals surface area contributed by atoms with E-state index in [1.165, 1.54) is 12.2 Å². The molecule has 0 atom stereocenters. The van der Waals surface area contributed by atoms with Crippen LogP contribution in [-0.4, -0.2) is 46.1 Å². The van der Waals surface area contributed by atoms with E-state index in [2.05, 4.69) is 27.0 Å². The Morgan fingerprint density at radius 2 is 0.900 bits per heavy atom. The molecule has 10 heavy (non-hydrogen) atoms. The first-order chi connectivity index (χ1) is 2.83. The largest absolute Gasteiger partial charge is 2.00 e. The van der Waals surface area contributed by atoms with E-state index < -0.39 is 0 Å². The van der Waals surface area contributed by atoms with E-state index in [1.54, 1.807) is 0 Å². The molecule has 0 radical (unpaired) electrons. The maximum atomic E-state index is 3.25. The van der Waals surface area contributed by atoms with Crippen molar-refractivity contribution in [1.82, 2.24) is 0 Å². The number of hydrogen-bond donors (Lipinski definition) is 0. The van der Waals surface area contributed by atoms with E-state index >= 15 is 0 Å². The predicted octanol–water partition coefficient (Wildman–Crippen LogP) is -4.74. The minimum Gasteiger partial charge on any atom is -1.00 e. The molecule has 0 aliphatic carbocycles. The van der Waals surface area contributed by atoms with Gasteiger partial charge in [-0.15, -0.1) is 0 Å². The monoisotopic (exact) mass is 244 g/mol. The van der Waals surface area contributed by atoms with Crippen LogP contribution in [-0.2, 0) is 0 Å². The molecule has 0 nitrogen and oxygen atoms in total. The summed E-state index contributed by atoms with van der Waals surface area (Å²) in [6.07, 6.45) is 3.00. The van der Waals surface area contributed by atoms with E-state index in [1.807, 2.05) is 0 Å². The van der Waals surface area contributed by atoms with Crippen molar-refractivity contribution >= 4 is 46.1 Å². The standard InChI is InChI=1S/2C3H5.BrH.ClH.2Mg/c2*1-3-2;;;;/h2*3H,1-2H2;2*1H;;/q2*-1;;;2*+2/p-2. The van der Waals surface area contributed by atoms with Crippen LogP contribution in [0.2, 0.25) is 0 Å². The second-order valence-electron chi connectivity index (χ2n) is 0.577. The van der Waals surface area contributed by atoms with Crippen LogP contribution < -0.4 is 29.4 Å². The summed E-state index contributed by atoms with van der Waals surface area (Å²) >= 11 is 0. The molecular weight excluding hydrogens is 236 g/mol. The zero-order valence-corrected chi connectivity index (χ0v) is 11.3. The maximum Gasteiger partial charge on any atom is 2.00 e. The van der Waals surface area contributed by atoms with Gasteiger partial charge in [0.1, 0.15) is 0 Å². The van der Waals surface area contributed by atoms with Crippen molar-refractivity contribution < 1.29 is 29.4 Å². The third-order valence-electron chi connectivity index (χ3n) is 0. The van der Waals surface area contributed by atoms with Crippen LogP contribution in [0.25, 0.3) is 0 Å². The molecule has 4 heteroatoms. The van der Waals surface area contributed by atoms with Gasteiger partial charge in [0.05, 0.1) is 0 Å². The molecule has 0 aliphatic rings. The molecular formula is C6H10BrClMg2. The van der Waals surface area contributed by atoms with Crippen molar-refractivity contribution in [2.24, 2.45) is 0 Å². The van der Waals surface area contributed by atoms with E-state index in [4.69, 9.17) is 0 Å². The Morgan fingerprint density at radius 1 is 0.900 bits per heavy atom. The molecule has 0 aromatic carbocycles. The quantitative estimate of drug-likeness (QED) is 0.297. The van der Waals surface area contributed by atoms with Crippen LogP contribution in [0.3, 0.4) is 0 Å². The number of allylic oxidation sites excluding steroid dienone is 2. The van der Waals surface area contributed by atoms with Gasteiger partial charge in [0.25, 0.3) is 0 Å². The van der Waals surface area contributed by atoms with Gasteiger partial charge in [-0.1, -0.05) is 0 Å². The minimum absolute atomic E-state index is 0. The van der Waals surface area contributed by atoms with E-state index in [-0.39, 0.29) is 75.5 Å². The van der Waals surface area contributed by atoms with Crippen molar-refractivity contribution in [2.45, 2.75) is 0 Å². The van der Waals surface area contributed by atoms with Gasteiger partial charge in [0.15, 0.2) is 0 Å². The molecule has 0 spiro atoms. The van der Waals surface area contributed by atoms with Gasteiger partial charge < -0.3 is 29.4 Å². The first-order valence-corrected chi connectivity index (χ1v) is 1.63. The van der Waals surface area contributed by atoms with Crippen LogP contribution in [0.5, 0.6) is 0 Å². The van der Waals surface area contributed by atoms with Crippen molar-refractivity contribution in [3.8, 4) is 0 Å². The second-order valence-corrected chi connectivity index (χ2v) is 0.577. The summed E-state index contributed by atoms with van der Waals surface area (Å²) in [5, 5.41) is 0. The van der Waals surface area contributed by atoms with E-state index in [9.17, 15) is 0 Å². The van der Waals surface area contributed by atoms with Gasteiger partial charge in [-0.05, 0) is 0 Å². The fourth-order valence-electron chi connectivity index (χ4n) is 0. The fourth-order valence-corrected chi connectivity index (χ4v) is 0. The summed E-state index contributed by atoms with van der Waals surface area (Å²) in [4.78, 5) is 0. The Kier molecular flexibility index (Phi) is 322. The molecule has 0 aromatic heterocycles. The molecule has 0 saturated heterocycles. The maximum absolute atomic E-state index is 3.25. The average Bonchev–Trinajstić information content (AvgIpc) is 1.39. The Labute approximate surface area is 113 Å². The van der Waals surface area contributed by atoms with Gasteiger partial charge in [-0.3, -0.25) is 0 Å². The van der Waals surface area contributed by atoms with Crippen molar-refractivity contribution in [2.75, 3.05) is 0 Å². The predicted molar refractivity (Wildman–Crippen MR) is 42.6 cm³/mol. The molecule has 0 rings (SSSR count). The van der Waals surface area contributed by atoms with Crippen LogP contribution in [0.1, 0.15) is 0 Å². The zero-order valence-electron chi connectivity index (χ0n) is 6.15. The fraction of sp³-hybridized carbons (Fsp3) is 0. The van der Waals surface area contributed by atoms with E-state index in [0.717, 1.165) is 0 Å². The summed E-state index contributed by atoms with van der Waals surface area (Å²) in [6.45, 7) is 13.0. The number of halogens is 2. The van der Waals surface area contributed by atoms with Gasteiger partial charge >= 0.3 is 46.1 Å². The zero-order chi connectivity index (χ0) is 5.41. The molecule has 0 fully saturated rings. The Bertz CT molecular complexity index is 36.7. The topological polar surface area (TPSA) is 0 Å². The van der Waals surface area contributed by atoms with Gasteiger partial charge in [0, 0.05) is 0 Å². The molecule has 0 N–H and O–H groups in total. The van der Waals surface area contributed by atoms with Crippen LogP contribution in [0, 0.1) is 13.8 Å². The van der Waals surface area contributed by atoms with Crippen molar-refractivity contribution in [1.29, 1.82) is 0 Å². The third kappa shape index (κ3) is 298. The van der Waals surface area contributed by atoms with Crippen LogP contribution >= 0.6 is 0 Å². The summed E-state index contributed by atoms with van der Waals surface area (Å²) in [7, 11) is 0. The van der Waals surface area contributed by atoms with Crippen molar-refractivity contribution in [3.63, 3.8) is 0 Å². The van der Waals surface area contributed by atoms with Crippen LogP contribution in [0.15, 0.2) is 25.3 Å². The first kappa shape index (κ1) is 41.8. The first-order valence-electron chi connectivity index (χ1n) is 1.63. The smallest absolute Gasteiger partial charge is 1.00 e. The molecule has 0 aliphatic heterocycles. The Balaban J connectivity index is -0.00000000571. The molecule has 0 saturated carbocycles. The van der Waals surface area contributed by atoms with E-state index in [0.29, 0.717) is 0 Å². The summed E-state index contributed by atoms with van der Waals surface area (Å²) < 4.78 is 0. The van der Waals surface area contributed by atoms with Gasteiger partial charge in [0.2, 0.25) is 0 Å².